The third kappa shape index (κ3) is 1.04. The molecule has 0 amide bonds. The Kier molecular flexibility index (Phi) is 1.27. The van der Waals surface area contributed by atoms with E-state index in [0.717, 1.165) is 0 Å². The SMILES string of the molecule is O=C(O)C1=C[C@@H]2O[C@@H]2[C@@H](O)C1. The molecular formula is C7H8O4. The minimum atomic E-state index is -0.960. The maximum Gasteiger partial charge on any atom is 0.331 e. The maximum atomic E-state index is 10.4. The Bertz CT molecular complexity index is 233. The first kappa shape index (κ1) is 6.82. The Morgan fingerprint density at radius 2 is 2.45 bits per heavy atom. The minimum absolute atomic E-state index is 0.141. The Labute approximate surface area is 63.1 Å². The van der Waals surface area contributed by atoms with Crippen LogP contribution in [0.4, 0.5) is 0 Å². The zero-order valence-corrected chi connectivity index (χ0v) is 5.73. The second kappa shape index (κ2) is 2.06. The van der Waals surface area contributed by atoms with Gasteiger partial charge >= 0.3 is 5.97 Å². The van der Waals surface area contributed by atoms with Gasteiger partial charge in [0.05, 0.1) is 6.10 Å². The van der Waals surface area contributed by atoms with Gasteiger partial charge in [-0.05, 0) is 6.08 Å². The van der Waals surface area contributed by atoms with Crippen LogP contribution in [0, 0.1) is 0 Å². The van der Waals surface area contributed by atoms with Crippen LogP contribution in [-0.2, 0) is 9.53 Å². The first-order valence-electron chi connectivity index (χ1n) is 3.46. The molecular weight excluding hydrogens is 148 g/mol. The van der Waals surface area contributed by atoms with Gasteiger partial charge in [-0.25, -0.2) is 4.79 Å². The lowest BCUT2D eigenvalue weighted by atomic mass is 9.97. The van der Waals surface area contributed by atoms with Crippen molar-refractivity contribution in [2.45, 2.75) is 24.7 Å². The number of fused-ring (bicyclic) bond motifs is 1. The van der Waals surface area contributed by atoms with Gasteiger partial charge < -0.3 is 14.9 Å². The molecule has 2 rings (SSSR count). The largest absolute Gasteiger partial charge is 0.478 e. The molecule has 0 spiro atoms. The molecule has 0 bridgehead atoms. The number of aliphatic carboxylic acids is 1. The number of carbonyl (C=O) groups is 1. The Morgan fingerprint density at radius 1 is 1.73 bits per heavy atom. The highest BCUT2D eigenvalue weighted by Gasteiger charge is 2.47. The van der Waals surface area contributed by atoms with E-state index >= 15 is 0 Å². The predicted octanol–water partition coefficient (Wildman–Crippen LogP) is -0.471. The van der Waals surface area contributed by atoms with E-state index in [9.17, 15) is 9.90 Å². The van der Waals surface area contributed by atoms with E-state index in [1.165, 1.54) is 0 Å². The molecule has 1 aliphatic carbocycles. The second-order valence-electron chi connectivity index (χ2n) is 2.83. The van der Waals surface area contributed by atoms with E-state index in [1.54, 1.807) is 6.08 Å². The summed E-state index contributed by atoms with van der Waals surface area (Å²) in [5.41, 5.74) is 0.260. The molecule has 4 nitrogen and oxygen atoms in total. The molecule has 1 fully saturated rings. The summed E-state index contributed by atoms with van der Waals surface area (Å²) < 4.78 is 4.98. The molecule has 60 valence electrons. The summed E-state index contributed by atoms with van der Waals surface area (Å²) >= 11 is 0. The fourth-order valence-corrected chi connectivity index (χ4v) is 1.35. The van der Waals surface area contributed by atoms with E-state index in [-0.39, 0.29) is 24.2 Å². The topological polar surface area (TPSA) is 70.1 Å². The molecule has 11 heavy (non-hydrogen) atoms. The van der Waals surface area contributed by atoms with Gasteiger partial charge in [0.15, 0.2) is 0 Å². The Balaban J connectivity index is 2.17. The van der Waals surface area contributed by atoms with Gasteiger partial charge in [-0.1, -0.05) is 0 Å². The van der Waals surface area contributed by atoms with Gasteiger partial charge in [0.1, 0.15) is 12.2 Å². The maximum absolute atomic E-state index is 10.4. The van der Waals surface area contributed by atoms with E-state index in [2.05, 4.69) is 0 Å². The fourth-order valence-electron chi connectivity index (χ4n) is 1.35. The summed E-state index contributed by atoms with van der Waals surface area (Å²) in [5, 5.41) is 17.8. The molecule has 2 aliphatic rings. The summed E-state index contributed by atoms with van der Waals surface area (Å²) in [5.74, 6) is -0.960. The van der Waals surface area contributed by atoms with Gasteiger partial charge in [-0.2, -0.15) is 0 Å². The summed E-state index contributed by atoms with van der Waals surface area (Å²) in [7, 11) is 0. The first-order valence-corrected chi connectivity index (χ1v) is 3.46. The standard InChI is InChI=1S/C7H8O4/c8-4-1-3(7(9)10)2-5-6(4)11-5/h2,4-6,8H,1H2,(H,9,10)/t4-,5-,6+/m0/s1. The van der Waals surface area contributed by atoms with Gasteiger partial charge in [-0.15, -0.1) is 0 Å². The van der Waals surface area contributed by atoms with Crippen LogP contribution in [-0.4, -0.2) is 34.5 Å². The highest BCUT2D eigenvalue weighted by atomic mass is 16.6. The zero-order chi connectivity index (χ0) is 8.01. The number of rotatable bonds is 1. The predicted molar refractivity (Wildman–Crippen MR) is 35.0 cm³/mol. The van der Waals surface area contributed by atoms with Crippen LogP contribution < -0.4 is 0 Å². The Hall–Kier alpha value is -0.870. The second-order valence-corrected chi connectivity index (χ2v) is 2.83. The third-order valence-corrected chi connectivity index (χ3v) is 2.01. The number of hydrogen-bond acceptors (Lipinski definition) is 3. The van der Waals surface area contributed by atoms with Crippen LogP contribution in [0.25, 0.3) is 0 Å². The average molecular weight is 156 g/mol. The van der Waals surface area contributed by atoms with Crippen molar-refractivity contribution >= 4 is 5.97 Å². The van der Waals surface area contributed by atoms with Crippen molar-refractivity contribution in [3.8, 4) is 0 Å². The van der Waals surface area contributed by atoms with Gasteiger partial charge in [0, 0.05) is 12.0 Å². The zero-order valence-electron chi connectivity index (χ0n) is 5.73. The average Bonchev–Trinajstić information content (AvgIpc) is 2.66. The number of epoxide rings is 1. The lowest BCUT2D eigenvalue weighted by molar-refractivity contribution is -0.133. The van der Waals surface area contributed by atoms with E-state index in [4.69, 9.17) is 9.84 Å². The van der Waals surface area contributed by atoms with E-state index < -0.39 is 12.1 Å². The minimum Gasteiger partial charge on any atom is -0.478 e. The third-order valence-electron chi connectivity index (χ3n) is 2.01. The normalized spacial score (nSPS) is 40.8. The monoisotopic (exact) mass is 156 g/mol. The summed E-state index contributed by atoms with van der Waals surface area (Å²) in [6, 6.07) is 0. The number of hydrogen-bond donors (Lipinski definition) is 2. The summed E-state index contributed by atoms with van der Waals surface area (Å²) in [6.45, 7) is 0. The number of aliphatic hydroxyl groups excluding tert-OH is 1. The van der Waals surface area contributed by atoms with Gasteiger partial charge in [-0.3, -0.25) is 0 Å². The molecule has 1 aliphatic heterocycles. The lowest BCUT2D eigenvalue weighted by Crippen LogP contribution is -2.23. The Morgan fingerprint density at radius 3 is 3.00 bits per heavy atom. The molecule has 2 N–H and O–H groups in total. The van der Waals surface area contributed by atoms with Crippen molar-refractivity contribution < 1.29 is 19.7 Å². The van der Waals surface area contributed by atoms with Gasteiger partial charge in [0.2, 0.25) is 0 Å². The van der Waals surface area contributed by atoms with Crippen molar-refractivity contribution in [2.24, 2.45) is 0 Å². The van der Waals surface area contributed by atoms with Crippen molar-refractivity contribution in [3.05, 3.63) is 11.6 Å². The molecule has 0 saturated carbocycles. The summed E-state index contributed by atoms with van der Waals surface area (Å²) in [6.07, 6.45) is 0.856. The van der Waals surface area contributed by atoms with Crippen molar-refractivity contribution in [1.82, 2.24) is 0 Å². The van der Waals surface area contributed by atoms with Crippen molar-refractivity contribution in [2.75, 3.05) is 0 Å². The number of aliphatic hydroxyl groups is 1. The van der Waals surface area contributed by atoms with Crippen LogP contribution in [0.3, 0.4) is 0 Å². The first-order chi connectivity index (χ1) is 5.18. The van der Waals surface area contributed by atoms with Crippen LogP contribution in [0.1, 0.15) is 6.42 Å². The fraction of sp³-hybridized carbons (Fsp3) is 0.571. The smallest absolute Gasteiger partial charge is 0.331 e. The van der Waals surface area contributed by atoms with Crippen molar-refractivity contribution in [1.29, 1.82) is 0 Å². The van der Waals surface area contributed by atoms with Crippen LogP contribution in [0.2, 0.25) is 0 Å². The molecule has 4 heteroatoms. The van der Waals surface area contributed by atoms with Crippen LogP contribution in [0.5, 0.6) is 0 Å². The molecule has 0 aromatic heterocycles. The van der Waals surface area contributed by atoms with Crippen molar-refractivity contribution in [3.63, 3.8) is 0 Å². The molecule has 1 heterocycles. The van der Waals surface area contributed by atoms with Crippen LogP contribution in [0.15, 0.2) is 11.6 Å². The quantitative estimate of drug-likeness (QED) is 0.503. The van der Waals surface area contributed by atoms with Crippen LogP contribution >= 0.6 is 0 Å². The molecule has 0 aromatic rings. The van der Waals surface area contributed by atoms with E-state index in [1.807, 2.05) is 0 Å². The molecule has 0 unspecified atom stereocenters. The number of carboxylic acid groups (broad SMARTS) is 1. The molecule has 0 radical (unpaired) electrons. The number of carboxylic acids is 1. The highest BCUT2D eigenvalue weighted by Crippen LogP contribution is 2.35. The lowest BCUT2D eigenvalue weighted by Gasteiger charge is -2.10. The molecule has 3 atom stereocenters. The summed E-state index contributed by atoms with van der Waals surface area (Å²) in [4.78, 5) is 10.4. The number of ether oxygens (including phenoxy) is 1. The highest BCUT2D eigenvalue weighted by molar-refractivity contribution is 5.87. The molecule has 1 saturated heterocycles. The van der Waals surface area contributed by atoms with Gasteiger partial charge in [0.25, 0.3) is 0 Å². The molecule has 0 aromatic carbocycles. The van der Waals surface area contributed by atoms with E-state index in [0.29, 0.717) is 0 Å².